The van der Waals surface area contributed by atoms with Crippen LogP contribution < -0.4 is 10.6 Å². The molecule has 1 aliphatic rings. The third-order valence-corrected chi connectivity index (χ3v) is 3.85. The second-order valence-electron chi connectivity index (χ2n) is 4.03. The van der Waals surface area contributed by atoms with Gasteiger partial charge in [0.05, 0.1) is 3.57 Å². The van der Waals surface area contributed by atoms with Crippen LogP contribution in [0.1, 0.15) is 6.42 Å². The molecule has 0 bridgehead atoms. The molecule has 1 heterocycles. The minimum absolute atomic E-state index is 0.0617. The Labute approximate surface area is 111 Å². The molecule has 2 rings (SSSR count). The van der Waals surface area contributed by atoms with E-state index < -0.39 is 11.6 Å². The van der Waals surface area contributed by atoms with Gasteiger partial charge < -0.3 is 10.6 Å². The van der Waals surface area contributed by atoms with Gasteiger partial charge in [-0.15, -0.1) is 0 Å². The summed E-state index contributed by atoms with van der Waals surface area (Å²) in [7, 11) is 0. The Morgan fingerprint density at radius 1 is 1.41 bits per heavy atom. The minimum atomic E-state index is -0.649. The number of hydrogen-bond acceptors (Lipinski definition) is 2. The van der Waals surface area contributed by atoms with Crippen LogP contribution in [0.15, 0.2) is 12.1 Å². The van der Waals surface area contributed by atoms with E-state index in [9.17, 15) is 13.6 Å². The first kappa shape index (κ1) is 12.7. The smallest absolute Gasteiger partial charge is 0.227 e. The molecule has 0 spiro atoms. The van der Waals surface area contributed by atoms with Crippen molar-refractivity contribution < 1.29 is 13.6 Å². The molecule has 92 valence electrons. The van der Waals surface area contributed by atoms with Gasteiger partial charge in [-0.05, 0) is 47.2 Å². The van der Waals surface area contributed by atoms with Crippen molar-refractivity contribution in [1.29, 1.82) is 0 Å². The Bertz CT molecular complexity index is 444. The van der Waals surface area contributed by atoms with Gasteiger partial charge in [0.15, 0.2) is 0 Å². The molecule has 1 aromatic rings. The van der Waals surface area contributed by atoms with Crippen LogP contribution in [0, 0.1) is 21.1 Å². The zero-order chi connectivity index (χ0) is 12.6. The largest absolute Gasteiger partial charge is 0.330 e. The number of halogens is 3. The number of nitrogens with two attached hydrogens (primary N) is 1. The van der Waals surface area contributed by atoms with Gasteiger partial charge in [0, 0.05) is 18.7 Å². The van der Waals surface area contributed by atoms with Crippen molar-refractivity contribution in [2.45, 2.75) is 6.42 Å². The molecule has 1 amide bonds. The number of benzene rings is 1. The maximum Gasteiger partial charge on any atom is 0.227 e. The molecule has 1 unspecified atom stereocenters. The highest BCUT2D eigenvalue weighted by Crippen LogP contribution is 2.28. The first-order valence-corrected chi connectivity index (χ1v) is 6.25. The van der Waals surface area contributed by atoms with E-state index in [-0.39, 0.29) is 21.1 Å². The molecular weight excluding hydrogens is 341 g/mol. The molecule has 0 saturated carbocycles. The average molecular weight is 352 g/mol. The van der Waals surface area contributed by atoms with Crippen molar-refractivity contribution in [1.82, 2.24) is 0 Å². The molecule has 1 saturated heterocycles. The van der Waals surface area contributed by atoms with Gasteiger partial charge >= 0.3 is 0 Å². The molecule has 3 nitrogen and oxygen atoms in total. The van der Waals surface area contributed by atoms with E-state index in [2.05, 4.69) is 0 Å². The lowest BCUT2D eigenvalue weighted by atomic mass is 10.1. The molecule has 6 heteroatoms. The van der Waals surface area contributed by atoms with Crippen LogP contribution in [0.4, 0.5) is 14.5 Å². The monoisotopic (exact) mass is 352 g/mol. The highest BCUT2D eigenvalue weighted by atomic mass is 127. The maximum absolute atomic E-state index is 13.4. The molecule has 1 aliphatic heterocycles. The Morgan fingerprint density at radius 3 is 2.47 bits per heavy atom. The fourth-order valence-corrected chi connectivity index (χ4v) is 2.20. The Morgan fingerprint density at radius 2 is 2.00 bits per heavy atom. The van der Waals surface area contributed by atoms with Gasteiger partial charge in [-0.1, -0.05) is 0 Å². The zero-order valence-electron chi connectivity index (χ0n) is 8.92. The topological polar surface area (TPSA) is 46.3 Å². The van der Waals surface area contributed by atoms with Crippen molar-refractivity contribution in [2.75, 3.05) is 18.0 Å². The molecular formula is C11H11F2IN2O. The lowest BCUT2D eigenvalue weighted by Gasteiger charge is -2.17. The molecule has 0 aliphatic carbocycles. The van der Waals surface area contributed by atoms with Crippen LogP contribution in [0.3, 0.4) is 0 Å². The summed E-state index contributed by atoms with van der Waals surface area (Å²) in [5.74, 6) is -1.37. The summed E-state index contributed by atoms with van der Waals surface area (Å²) >= 11 is 1.59. The fourth-order valence-electron chi connectivity index (χ4n) is 1.89. The van der Waals surface area contributed by atoms with Crippen LogP contribution in [0.5, 0.6) is 0 Å². The number of carbonyl (C=O) groups excluding carboxylic acids is 1. The van der Waals surface area contributed by atoms with Crippen molar-refractivity contribution >= 4 is 34.2 Å². The van der Waals surface area contributed by atoms with Crippen LogP contribution in [0.2, 0.25) is 0 Å². The zero-order valence-corrected chi connectivity index (χ0v) is 11.1. The van der Waals surface area contributed by atoms with Gasteiger partial charge in [-0.2, -0.15) is 0 Å². The number of nitrogens with zero attached hydrogens (tertiary/aromatic N) is 1. The van der Waals surface area contributed by atoms with Crippen LogP contribution in [-0.4, -0.2) is 19.0 Å². The van der Waals surface area contributed by atoms with Gasteiger partial charge in [0.25, 0.3) is 0 Å². The fraction of sp³-hybridized carbons (Fsp3) is 0.364. The van der Waals surface area contributed by atoms with Crippen molar-refractivity contribution in [3.63, 3.8) is 0 Å². The van der Waals surface area contributed by atoms with E-state index in [0.717, 1.165) is 0 Å². The third-order valence-electron chi connectivity index (χ3n) is 2.82. The van der Waals surface area contributed by atoms with E-state index in [1.54, 1.807) is 22.6 Å². The molecule has 2 N–H and O–H groups in total. The van der Waals surface area contributed by atoms with Gasteiger partial charge in [-0.25, -0.2) is 8.78 Å². The van der Waals surface area contributed by atoms with Gasteiger partial charge in [0.2, 0.25) is 5.91 Å². The normalized spacial score (nSPS) is 20.1. The number of hydrogen-bond donors (Lipinski definition) is 1. The second-order valence-corrected chi connectivity index (χ2v) is 5.11. The second kappa shape index (κ2) is 4.85. The summed E-state index contributed by atoms with van der Waals surface area (Å²) in [6.45, 7) is 0.826. The van der Waals surface area contributed by atoms with E-state index in [0.29, 0.717) is 19.5 Å². The van der Waals surface area contributed by atoms with Crippen LogP contribution >= 0.6 is 22.6 Å². The molecule has 1 aromatic carbocycles. The van der Waals surface area contributed by atoms with E-state index in [1.165, 1.54) is 17.0 Å². The highest BCUT2D eigenvalue weighted by molar-refractivity contribution is 14.1. The Balaban J connectivity index is 2.32. The highest BCUT2D eigenvalue weighted by Gasteiger charge is 2.30. The summed E-state index contributed by atoms with van der Waals surface area (Å²) in [5.41, 5.74) is 5.76. The summed E-state index contributed by atoms with van der Waals surface area (Å²) in [6, 6.07) is 2.36. The lowest BCUT2D eigenvalue weighted by molar-refractivity contribution is -0.117. The molecule has 17 heavy (non-hydrogen) atoms. The SMILES string of the molecule is NCC1CC(=O)N(c2cc(F)c(I)c(F)c2)C1. The summed E-state index contributed by atoms with van der Waals surface area (Å²) in [4.78, 5) is 13.1. The van der Waals surface area contributed by atoms with Gasteiger partial charge in [0.1, 0.15) is 11.6 Å². The molecule has 0 radical (unpaired) electrons. The summed E-state index contributed by atoms with van der Waals surface area (Å²) in [5, 5.41) is 0. The van der Waals surface area contributed by atoms with Crippen molar-refractivity contribution in [3.8, 4) is 0 Å². The van der Waals surface area contributed by atoms with Crippen molar-refractivity contribution in [3.05, 3.63) is 27.3 Å². The number of rotatable bonds is 2. The van der Waals surface area contributed by atoms with Crippen LogP contribution in [0.25, 0.3) is 0 Å². The predicted molar refractivity (Wildman–Crippen MR) is 68.6 cm³/mol. The van der Waals surface area contributed by atoms with Crippen molar-refractivity contribution in [2.24, 2.45) is 11.7 Å². The van der Waals surface area contributed by atoms with E-state index in [4.69, 9.17) is 5.73 Å². The van der Waals surface area contributed by atoms with E-state index in [1.807, 2.05) is 0 Å². The molecule has 1 atom stereocenters. The Hall–Kier alpha value is -0.760. The van der Waals surface area contributed by atoms with Gasteiger partial charge in [-0.3, -0.25) is 4.79 Å². The third kappa shape index (κ3) is 2.42. The quantitative estimate of drug-likeness (QED) is 0.653. The standard InChI is InChI=1S/C11H11F2IN2O/c12-8-2-7(3-9(13)11(8)14)16-5-6(4-15)1-10(16)17/h2-3,6H,1,4-5,15H2. The summed E-state index contributed by atoms with van der Waals surface area (Å²) < 4.78 is 26.7. The maximum atomic E-state index is 13.4. The average Bonchev–Trinajstić information content (AvgIpc) is 2.67. The molecule has 1 fully saturated rings. The predicted octanol–water partition coefficient (Wildman–Crippen LogP) is 1.88. The van der Waals surface area contributed by atoms with Crippen LogP contribution in [-0.2, 0) is 4.79 Å². The summed E-state index contributed by atoms with van der Waals surface area (Å²) in [6.07, 6.45) is 0.339. The lowest BCUT2D eigenvalue weighted by Crippen LogP contribution is -2.26. The minimum Gasteiger partial charge on any atom is -0.330 e. The number of amides is 1. The number of carbonyl (C=O) groups is 1. The Kier molecular flexibility index (Phi) is 3.62. The first-order chi connectivity index (χ1) is 8.02. The molecule has 0 aromatic heterocycles. The number of anilines is 1. The first-order valence-electron chi connectivity index (χ1n) is 5.18. The van der Waals surface area contributed by atoms with E-state index >= 15 is 0 Å².